The van der Waals surface area contributed by atoms with E-state index < -0.39 is 12.2 Å². The standard InChI is InChI=1S/C48H54N3O8/c1-3-36-30-40(48(50-36)51-24-22-49-23-25-51)35-12-7-11-33(29-35)14-20-39-44-43(41(55)31-42(59-44)34-15-18-37(53)19-16-34)46(47(56-2)45(39)57-27-8-26-52)58-28-21-38(54)17-13-32-9-5-4-6-10-32/h4-7,9-13,15-19,29-30,38,42,49,52-54H,3,8,14,20-28,31H2,1-2H3/q-1/p+1/b17-13+/t38-,42?/m0/s1. The first-order valence-electron chi connectivity index (χ1n) is 20.6. The highest BCUT2D eigenvalue weighted by molar-refractivity contribution is 6.05. The van der Waals surface area contributed by atoms with Crippen molar-refractivity contribution >= 4 is 17.7 Å². The number of rotatable bonds is 18. The first-order chi connectivity index (χ1) is 28.9. The maximum Gasteiger partial charge on any atom is 0.335 e. The molecule has 5 aromatic rings. The number of piperazine rings is 1. The van der Waals surface area contributed by atoms with E-state index in [1.165, 1.54) is 7.11 Å². The number of ketones is 1. The molecule has 2 aliphatic heterocycles. The molecule has 0 aliphatic carbocycles. The van der Waals surface area contributed by atoms with Crippen LogP contribution in [0, 0.1) is 0 Å². The van der Waals surface area contributed by atoms with Crippen molar-refractivity contribution in [3.05, 3.63) is 125 Å². The van der Waals surface area contributed by atoms with Gasteiger partial charge in [-0.15, -0.1) is 0 Å². The molecule has 3 heterocycles. The van der Waals surface area contributed by atoms with Gasteiger partial charge in [0.1, 0.15) is 24.0 Å². The van der Waals surface area contributed by atoms with Gasteiger partial charge in [-0.25, -0.2) is 0 Å². The van der Waals surface area contributed by atoms with E-state index in [-0.39, 0.29) is 49.9 Å². The van der Waals surface area contributed by atoms with E-state index in [4.69, 9.17) is 23.9 Å². The van der Waals surface area contributed by atoms with E-state index in [0.29, 0.717) is 47.6 Å². The third-order valence-electron chi connectivity index (χ3n) is 10.8. The average molecular weight is 802 g/mol. The van der Waals surface area contributed by atoms with E-state index in [0.717, 1.165) is 71.9 Å². The van der Waals surface area contributed by atoms with Crippen molar-refractivity contribution in [1.29, 1.82) is 0 Å². The van der Waals surface area contributed by atoms with Gasteiger partial charge < -0.3 is 49.5 Å². The van der Waals surface area contributed by atoms with Crippen LogP contribution in [-0.2, 0) is 19.3 Å². The lowest BCUT2D eigenvalue weighted by Gasteiger charge is -2.37. The van der Waals surface area contributed by atoms with E-state index in [1.54, 1.807) is 30.3 Å². The maximum absolute atomic E-state index is 11.9. The smallest absolute Gasteiger partial charge is 0.335 e. The molecule has 1 saturated heterocycles. The highest BCUT2D eigenvalue weighted by atomic mass is 16.5. The van der Waals surface area contributed by atoms with Gasteiger partial charge in [-0.05, 0) is 85.4 Å². The Labute approximate surface area is 346 Å². The number of nitrogens with one attached hydrogen (secondary N) is 1. The molecule has 11 heteroatoms. The molecule has 0 saturated carbocycles. The van der Waals surface area contributed by atoms with Crippen LogP contribution in [0.1, 0.15) is 65.8 Å². The molecule has 0 amide bonds. The van der Waals surface area contributed by atoms with E-state index in [1.807, 2.05) is 36.4 Å². The number of carbonyl (C=O) groups excluding carboxylic acids is 1. The first kappa shape index (κ1) is 41.4. The number of aliphatic hydroxyl groups is 2. The molecule has 59 heavy (non-hydrogen) atoms. The Morgan fingerprint density at radius 2 is 1.73 bits per heavy atom. The summed E-state index contributed by atoms with van der Waals surface area (Å²) in [4.78, 5) is 19.3. The molecule has 4 aromatic carbocycles. The van der Waals surface area contributed by atoms with Crippen molar-refractivity contribution in [2.24, 2.45) is 0 Å². The van der Waals surface area contributed by atoms with Crippen LogP contribution in [0.5, 0.6) is 28.7 Å². The van der Waals surface area contributed by atoms with Gasteiger partial charge in [-0.1, -0.05) is 103 Å². The molecule has 0 spiro atoms. The van der Waals surface area contributed by atoms with Gasteiger partial charge in [-0.3, -0.25) is 4.79 Å². The number of anilines is 1. The fourth-order valence-corrected chi connectivity index (χ4v) is 7.68. The first-order valence-corrected chi connectivity index (χ1v) is 20.6. The molecule has 1 aromatic heterocycles. The van der Waals surface area contributed by atoms with E-state index in [9.17, 15) is 20.1 Å². The average Bonchev–Trinajstić information content (AvgIpc) is 3.71. The number of ether oxygens (including phenoxy) is 4. The highest BCUT2D eigenvalue weighted by Crippen LogP contribution is 2.53. The SMILES string of the molecule is CCc1cc(-c2cccc(CCc3c(OCCCO)c(OC)c(OCC[C@@H](O)/C=C/c4ccccc4)c4c3OC(c3ccc(O)cc3)CC4=[OH+])c2)c(N2CCNCC2)[n-]1. The number of nitrogens with zero attached hydrogens (tertiary/aromatic N) is 2. The van der Waals surface area contributed by atoms with E-state index in [2.05, 4.69) is 47.5 Å². The molecular formula is C48H55N3O8. The molecule has 11 nitrogen and oxygen atoms in total. The normalized spacial score (nSPS) is 15.8. The second-order valence-corrected chi connectivity index (χ2v) is 14.9. The van der Waals surface area contributed by atoms with Crippen molar-refractivity contribution in [1.82, 2.24) is 10.3 Å². The second kappa shape index (κ2) is 19.8. The summed E-state index contributed by atoms with van der Waals surface area (Å²) in [6, 6.07) is 27.3. The highest BCUT2D eigenvalue weighted by Gasteiger charge is 2.41. The van der Waals surface area contributed by atoms with Crippen LogP contribution in [0.15, 0.2) is 91.0 Å². The number of methoxy groups -OCH3 is 1. The number of aromatic hydroxyl groups is 1. The van der Waals surface area contributed by atoms with Gasteiger partial charge in [0.05, 0.1) is 26.4 Å². The summed E-state index contributed by atoms with van der Waals surface area (Å²) in [5, 5.41) is 34.0. The lowest BCUT2D eigenvalue weighted by atomic mass is 9.90. The van der Waals surface area contributed by atoms with Gasteiger partial charge >= 0.3 is 5.78 Å². The molecule has 1 unspecified atom stereocenters. The number of aryl methyl sites for hydroxylation is 2. The lowest BCUT2D eigenvalue weighted by Crippen LogP contribution is -2.44. The Morgan fingerprint density at radius 3 is 2.47 bits per heavy atom. The van der Waals surface area contributed by atoms with E-state index >= 15 is 0 Å². The van der Waals surface area contributed by atoms with Gasteiger partial charge in [0.2, 0.25) is 5.75 Å². The molecule has 0 bridgehead atoms. The third kappa shape index (κ3) is 9.93. The minimum absolute atomic E-state index is 0.0585. The predicted octanol–water partition coefficient (Wildman–Crippen LogP) is 6.80. The van der Waals surface area contributed by atoms with Gasteiger partial charge in [0, 0.05) is 25.0 Å². The monoisotopic (exact) mass is 801 g/mol. The quantitative estimate of drug-likeness (QED) is 0.0551. The fourth-order valence-electron chi connectivity index (χ4n) is 7.68. The zero-order chi connectivity index (χ0) is 41.1. The molecule has 2 aliphatic rings. The van der Waals surface area contributed by atoms with Gasteiger partial charge in [-0.2, -0.15) is 0 Å². The number of hydrogen-bond donors (Lipinski definition) is 4. The summed E-state index contributed by atoms with van der Waals surface area (Å²) in [5.41, 5.74) is 7.21. The molecule has 310 valence electrons. The number of phenols is 1. The molecule has 7 rings (SSSR count). The lowest BCUT2D eigenvalue weighted by molar-refractivity contribution is 0.170. The zero-order valence-electron chi connectivity index (χ0n) is 33.9. The third-order valence-corrected chi connectivity index (χ3v) is 10.8. The Hall–Kier alpha value is -5.75. The summed E-state index contributed by atoms with van der Waals surface area (Å²) in [7, 11) is 1.53. The number of benzene rings is 4. The molecular weight excluding hydrogens is 747 g/mol. The van der Waals surface area contributed by atoms with Crippen molar-refractivity contribution in [2.75, 3.05) is 58.0 Å². The molecule has 2 atom stereocenters. The zero-order valence-corrected chi connectivity index (χ0v) is 33.9. The summed E-state index contributed by atoms with van der Waals surface area (Å²) in [5.74, 6) is 2.58. The number of phenolic OH excluding ortho intramolecular Hbond substituents is 1. The van der Waals surface area contributed by atoms with Crippen molar-refractivity contribution in [3.63, 3.8) is 0 Å². The Morgan fingerprint density at radius 1 is 0.949 bits per heavy atom. The van der Waals surface area contributed by atoms with Crippen LogP contribution in [-0.4, -0.2) is 85.1 Å². The summed E-state index contributed by atoms with van der Waals surface area (Å²) in [6.07, 6.45) is 4.96. The van der Waals surface area contributed by atoms with Crippen LogP contribution in [0.4, 0.5) is 5.82 Å². The number of hydrogen-bond acceptors (Lipinski definition) is 9. The molecule has 0 radical (unpaired) electrons. The van der Waals surface area contributed by atoms with Crippen molar-refractivity contribution < 1.29 is 39.1 Å². The van der Waals surface area contributed by atoms with Gasteiger partial charge in [0.25, 0.3) is 0 Å². The van der Waals surface area contributed by atoms with Crippen LogP contribution in [0.25, 0.3) is 17.2 Å². The maximum atomic E-state index is 11.9. The van der Waals surface area contributed by atoms with Crippen LogP contribution in [0.2, 0.25) is 0 Å². The Bertz CT molecular complexity index is 2190. The minimum Gasteiger partial charge on any atom is -0.508 e. The number of fused-ring (bicyclic) bond motifs is 1. The topological polar surface area (TPSA) is 148 Å². The van der Waals surface area contributed by atoms with Crippen LogP contribution in [0.3, 0.4) is 0 Å². The predicted molar refractivity (Wildman–Crippen MR) is 231 cm³/mol. The van der Waals surface area contributed by atoms with Crippen molar-refractivity contribution in [3.8, 4) is 39.9 Å². The Kier molecular flexibility index (Phi) is 13.9. The molecule has 1 fully saturated rings. The number of aromatic nitrogens is 1. The largest absolute Gasteiger partial charge is 0.508 e. The van der Waals surface area contributed by atoms with Crippen LogP contribution < -0.4 is 34.1 Å². The second-order valence-electron chi connectivity index (χ2n) is 14.9. The molecule has 5 N–H and O–H groups in total. The van der Waals surface area contributed by atoms with Crippen LogP contribution >= 0.6 is 0 Å². The fraction of sp³-hybridized carbons (Fsp3) is 0.354. The Balaban J connectivity index is 1.24. The van der Waals surface area contributed by atoms with Gasteiger partial charge in [0.15, 0.2) is 17.1 Å². The van der Waals surface area contributed by atoms with Crippen molar-refractivity contribution in [2.45, 2.75) is 57.7 Å². The summed E-state index contributed by atoms with van der Waals surface area (Å²) in [6.45, 7) is 6.02. The summed E-state index contributed by atoms with van der Waals surface area (Å²) >= 11 is 0. The minimum atomic E-state index is -0.786. The summed E-state index contributed by atoms with van der Waals surface area (Å²) < 4.78 is 25.8. The number of aliphatic hydroxyl groups excluding tert-OH is 2.